The molecule has 20 heavy (non-hydrogen) atoms. The quantitative estimate of drug-likeness (QED) is 0.899. The van der Waals surface area contributed by atoms with Crippen LogP contribution in [0.2, 0.25) is 0 Å². The second kappa shape index (κ2) is 6.75. The Morgan fingerprint density at radius 2 is 2.10 bits per heavy atom. The molecule has 1 aromatic rings. The van der Waals surface area contributed by atoms with Crippen molar-refractivity contribution < 1.29 is 14.6 Å². The van der Waals surface area contributed by atoms with Gasteiger partial charge >= 0.3 is 0 Å². The zero-order chi connectivity index (χ0) is 14.5. The zero-order valence-corrected chi connectivity index (χ0v) is 12.3. The highest BCUT2D eigenvalue weighted by Gasteiger charge is 2.27. The number of aryl methyl sites for hydroxylation is 1. The fourth-order valence-corrected chi connectivity index (χ4v) is 2.89. The highest BCUT2D eigenvalue weighted by Crippen LogP contribution is 2.26. The monoisotopic (exact) mass is 277 g/mol. The highest BCUT2D eigenvalue weighted by atomic mass is 16.5. The SMILES string of the molecule is COc1cc(C(=O)N(CCO)C2CCCC2)ccc1C. The van der Waals surface area contributed by atoms with Gasteiger partial charge < -0.3 is 14.7 Å². The van der Waals surface area contributed by atoms with Crippen LogP contribution in [0.5, 0.6) is 5.75 Å². The smallest absolute Gasteiger partial charge is 0.254 e. The summed E-state index contributed by atoms with van der Waals surface area (Å²) in [5.74, 6) is 0.718. The maximum atomic E-state index is 12.7. The number of rotatable bonds is 5. The zero-order valence-electron chi connectivity index (χ0n) is 12.3. The predicted octanol–water partition coefficient (Wildman–Crippen LogP) is 2.38. The van der Waals surface area contributed by atoms with Gasteiger partial charge in [-0.25, -0.2) is 0 Å². The number of amides is 1. The summed E-state index contributed by atoms with van der Waals surface area (Å²) < 4.78 is 5.28. The fraction of sp³-hybridized carbons (Fsp3) is 0.562. The number of benzene rings is 1. The minimum Gasteiger partial charge on any atom is -0.496 e. The predicted molar refractivity (Wildman–Crippen MR) is 78.1 cm³/mol. The number of hydrogen-bond donors (Lipinski definition) is 1. The lowest BCUT2D eigenvalue weighted by Crippen LogP contribution is -2.40. The van der Waals surface area contributed by atoms with Crippen molar-refractivity contribution in [3.8, 4) is 5.75 Å². The summed E-state index contributed by atoms with van der Waals surface area (Å²) >= 11 is 0. The number of hydrogen-bond acceptors (Lipinski definition) is 3. The standard InChI is InChI=1S/C16H23NO3/c1-12-7-8-13(11-15(12)20-2)16(19)17(9-10-18)14-5-3-4-6-14/h7-8,11,14,18H,3-6,9-10H2,1-2H3. The first-order chi connectivity index (χ1) is 9.67. The summed E-state index contributed by atoms with van der Waals surface area (Å²) in [5.41, 5.74) is 1.64. The molecule has 4 nitrogen and oxygen atoms in total. The third kappa shape index (κ3) is 3.12. The summed E-state index contributed by atoms with van der Waals surface area (Å²) in [6, 6.07) is 5.79. The molecule has 1 fully saturated rings. The lowest BCUT2D eigenvalue weighted by molar-refractivity contribution is 0.0637. The van der Waals surface area contributed by atoms with Crippen LogP contribution in [-0.4, -0.2) is 42.2 Å². The molecule has 0 radical (unpaired) electrons. The van der Waals surface area contributed by atoms with Gasteiger partial charge in [0.15, 0.2) is 0 Å². The average Bonchev–Trinajstić information content (AvgIpc) is 2.98. The fourth-order valence-electron chi connectivity index (χ4n) is 2.89. The molecule has 1 amide bonds. The number of methoxy groups -OCH3 is 1. The van der Waals surface area contributed by atoms with E-state index in [0.717, 1.165) is 37.0 Å². The number of nitrogens with zero attached hydrogens (tertiary/aromatic N) is 1. The van der Waals surface area contributed by atoms with Crippen molar-refractivity contribution >= 4 is 5.91 Å². The second-order valence-electron chi connectivity index (χ2n) is 5.34. The number of ether oxygens (including phenoxy) is 1. The van der Waals surface area contributed by atoms with Crippen LogP contribution in [0.1, 0.15) is 41.6 Å². The molecule has 0 spiro atoms. The van der Waals surface area contributed by atoms with Crippen molar-refractivity contribution in [3.63, 3.8) is 0 Å². The van der Waals surface area contributed by atoms with E-state index in [-0.39, 0.29) is 18.6 Å². The maximum absolute atomic E-state index is 12.7. The Bertz CT molecular complexity index is 467. The lowest BCUT2D eigenvalue weighted by Gasteiger charge is -2.28. The van der Waals surface area contributed by atoms with E-state index in [4.69, 9.17) is 4.74 Å². The first kappa shape index (κ1) is 14.9. The van der Waals surface area contributed by atoms with E-state index >= 15 is 0 Å². The summed E-state index contributed by atoms with van der Waals surface area (Å²) in [7, 11) is 1.61. The minimum atomic E-state index is -0.00995. The van der Waals surface area contributed by atoms with Crippen molar-refractivity contribution in [3.05, 3.63) is 29.3 Å². The van der Waals surface area contributed by atoms with E-state index in [1.165, 1.54) is 0 Å². The molecular weight excluding hydrogens is 254 g/mol. The van der Waals surface area contributed by atoms with Crippen LogP contribution in [-0.2, 0) is 0 Å². The average molecular weight is 277 g/mol. The molecule has 110 valence electrons. The van der Waals surface area contributed by atoms with Crippen LogP contribution in [0, 0.1) is 6.92 Å². The van der Waals surface area contributed by atoms with Gasteiger partial charge in [-0.05, 0) is 37.5 Å². The van der Waals surface area contributed by atoms with Gasteiger partial charge in [-0.15, -0.1) is 0 Å². The summed E-state index contributed by atoms with van der Waals surface area (Å²) in [5, 5.41) is 9.22. The molecule has 1 saturated carbocycles. The van der Waals surface area contributed by atoms with Crippen molar-refractivity contribution in [2.45, 2.75) is 38.6 Å². The molecule has 0 aromatic heterocycles. The van der Waals surface area contributed by atoms with Crippen molar-refractivity contribution in [2.24, 2.45) is 0 Å². The second-order valence-corrected chi connectivity index (χ2v) is 5.34. The van der Waals surface area contributed by atoms with Crippen LogP contribution in [0.15, 0.2) is 18.2 Å². The Balaban J connectivity index is 2.22. The molecule has 1 aliphatic carbocycles. The molecule has 0 saturated heterocycles. The van der Waals surface area contributed by atoms with Crippen LogP contribution < -0.4 is 4.74 Å². The third-order valence-electron chi connectivity index (χ3n) is 4.02. The summed E-state index contributed by atoms with van der Waals surface area (Å²) in [4.78, 5) is 14.5. The molecular formula is C16H23NO3. The van der Waals surface area contributed by atoms with E-state index in [0.29, 0.717) is 12.1 Å². The van der Waals surface area contributed by atoms with Crippen LogP contribution in [0.3, 0.4) is 0 Å². The molecule has 0 heterocycles. The first-order valence-electron chi connectivity index (χ1n) is 7.24. The largest absolute Gasteiger partial charge is 0.496 e. The number of aliphatic hydroxyl groups is 1. The van der Waals surface area contributed by atoms with E-state index in [1.54, 1.807) is 13.2 Å². The Morgan fingerprint density at radius 3 is 2.70 bits per heavy atom. The topological polar surface area (TPSA) is 49.8 Å². The molecule has 2 rings (SSSR count). The minimum absolute atomic E-state index is 0.00519. The molecule has 1 aliphatic rings. The van der Waals surface area contributed by atoms with Crippen LogP contribution >= 0.6 is 0 Å². The van der Waals surface area contributed by atoms with Gasteiger partial charge in [0.25, 0.3) is 5.91 Å². The van der Waals surface area contributed by atoms with Gasteiger partial charge in [-0.3, -0.25) is 4.79 Å². The van der Waals surface area contributed by atoms with Gasteiger partial charge in [0.1, 0.15) is 5.75 Å². The van der Waals surface area contributed by atoms with E-state index < -0.39 is 0 Å². The van der Waals surface area contributed by atoms with Gasteiger partial charge in [-0.2, -0.15) is 0 Å². The molecule has 4 heteroatoms. The van der Waals surface area contributed by atoms with Crippen molar-refractivity contribution in [1.29, 1.82) is 0 Å². The van der Waals surface area contributed by atoms with Crippen molar-refractivity contribution in [1.82, 2.24) is 4.90 Å². The molecule has 1 N–H and O–H groups in total. The molecule has 1 aromatic carbocycles. The summed E-state index contributed by atoms with van der Waals surface area (Å²) in [6.07, 6.45) is 4.40. The molecule has 0 unspecified atom stereocenters. The molecule has 0 bridgehead atoms. The van der Waals surface area contributed by atoms with Crippen LogP contribution in [0.25, 0.3) is 0 Å². The van der Waals surface area contributed by atoms with Crippen LogP contribution in [0.4, 0.5) is 0 Å². The van der Waals surface area contributed by atoms with Gasteiger partial charge in [0, 0.05) is 18.2 Å². The number of aliphatic hydroxyl groups excluding tert-OH is 1. The summed E-state index contributed by atoms with van der Waals surface area (Å²) in [6.45, 7) is 2.36. The first-order valence-corrected chi connectivity index (χ1v) is 7.24. The lowest BCUT2D eigenvalue weighted by atomic mass is 10.1. The van der Waals surface area contributed by atoms with E-state index in [2.05, 4.69) is 0 Å². The van der Waals surface area contributed by atoms with E-state index in [9.17, 15) is 9.90 Å². The maximum Gasteiger partial charge on any atom is 0.254 e. The number of carbonyl (C=O) groups is 1. The normalized spacial score (nSPS) is 15.3. The van der Waals surface area contributed by atoms with Gasteiger partial charge in [0.2, 0.25) is 0 Å². The Morgan fingerprint density at radius 1 is 1.40 bits per heavy atom. The Kier molecular flexibility index (Phi) is 5.01. The third-order valence-corrected chi connectivity index (χ3v) is 4.02. The van der Waals surface area contributed by atoms with Crippen molar-refractivity contribution in [2.75, 3.05) is 20.3 Å². The van der Waals surface area contributed by atoms with Gasteiger partial charge in [-0.1, -0.05) is 18.9 Å². The van der Waals surface area contributed by atoms with Gasteiger partial charge in [0.05, 0.1) is 13.7 Å². The van der Waals surface area contributed by atoms with E-state index in [1.807, 2.05) is 24.0 Å². The molecule has 0 aliphatic heterocycles. The Labute approximate surface area is 120 Å². The highest BCUT2D eigenvalue weighted by molar-refractivity contribution is 5.95. The molecule has 0 atom stereocenters. The number of carbonyl (C=O) groups excluding carboxylic acids is 1. The Hall–Kier alpha value is -1.55.